The van der Waals surface area contributed by atoms with Crippen LogP contribution >= 0.6 is 0 Å². The van der Waals surface area contributed by atoms with Crippen LogP contribution in [0, 0.1) is 0 Å². The third kappa shape index (κ3) is 9.84. The Morgan fingerprint density at radius 3 is 2.08 bits per heavy atom. The summed E-state index contributed by atoms with van der Waals surface area (Å²) in [5.74, 6) is 0. The van der Waals surface area contributed by atoms with Crippen molar-refractivity contribution in [1.29, 1.82) is 0 Å². The van der Waals surface area contributed by atoms with Gasteiger partial charge in [-0.1, -0.05) is 0 Å². The maximum atomic E-state index is 9.94. The summed E-state index contributed by atoms with van der Waals surface area (Å²) < 4.78 is 10.2. The molecule has 0 saturated heterocycles. The minimum absolute atomic E-state index is 0.169. The predicted molar refractivity (Wildman–Crippen MR) is 45.7 cm³/mol. The van der Waals surface area contributed by atoms with Gasteiger partial charge in [-0.25, -0.2) is 5.11 Å². The van der Waals surface area contributed by atoms with Crippen molar-refractivity contribution >= 4 is 0 Å². The normalized spacial score (nSPS) is 11.0. The molecule has 0 unspecified atom stereocenters. The summed E-state index contributed by atoms with van der Waals surface area (Å²) in [5, 5.41) is 9.94. The van der Waals surface area contributed by atoms with Gasteiger partial charge in [-0.3, -0.25) is 0 Å². The Balaban J connectivity index is 2.82. The third-order valence-corrected chi connectivity index (χ3v) is 1.28. The van der Waals surface area contributed by atoms with Crippen molar-refractivity contribution in [2.75, 3.05) is 53.7 Å². The summed E-state index contributed by atoms with van der Waals surface area (Å²) in [5.41, 5.74) is 0. The number of rotatable bonds is 8. The lowest BCUT2D eigenvalue weighted by molar-refractivity contribution is 0.0184. The van der Waals surface area contributed by atoms with Gasteiger partial charge in [0.15, 0.2) is 0 Å². The fraction of sp³-hybridized carbons (Fsp3) is 1.00. The molecule has 0 amide bonds. The Morgan fingerprint density at radius 1 is 1.00 bits per heavy atom. The van der Waals surface area contributed by atoms with E-state index < -0.39 is 0 Å². The van der Waals surface area contributed by atoms with Crippen molar-refractivity contribution in [1.82, 2.24) is 4.90 Å². The van der Waals surface area contributed by atoms with E-state index >= 15 is 0 Å². The highest BCUT2D eigenvalue weighted by atomic mass is 16.5. The van der Waals surface area contributed by atoms with Gasteiger partial charge < -0.3 is 14.4 Å². The maximum Gasteiger partial charge on any atom is 0.106 e. The van der Waals surface area contributed by atoms with Gasteiger partial charge in [-0.15, -0.1) is 0 Å². The van der Waals surface area contributed by atoms with Crippen LogP contribution in [0.15, 0.2) is 0 Å². The molecule has 0 aliphatic rings. The molecule has 4 heteroatoms. The summed E-state index contributed by atoms with van der Waals surface area (Å²) in [6.07, 6.45) is 0. The van der Waals surface area contributed by atoms with Gasteiger partial charge in [0.2, 0.25) is 0 Å². The van der Waals surface area contributed by atoms with E-state index in [4.69, 9.17) is 9.47 Å². The van der Waals surface area contributed by atoms with Gasteiger partial charge >= 0.3 is 0 Å². The van der Waals surface area contributed by atoms with Crippen molar-refractivity contribution in [3.8, 4) is 0 Å². The van der Waals surface area contributed by atoms with E-state index in [2.05, 4.69) is 4.90 Å². The molecule has 0 aromatic carbocycles. The van der Waals surface area contributed by atoms with Gasteiger partial charge in [-0.2, -0.15) is 0 Å². The molecule has 0 saturated carbocycles. The van der Waals surface area contributed by atoms with E-state index in [1.54, 1.807) is 0 Å². The zero-order valence-electron chi connectivity index (χ0n) is 7.91. The summed E-state index contributed by atoms with van der Waals surface area (Å²) >= 11 is 0. The van der Waals surface area contributed by atoms with Crippen LogP contribution < -0.4 is 0 Å². The van der Waals surface area contributed by atoms with Crippen LogP contribution in [0.3, 0.4) is 0 Å². The molecule has 0 aliphatic carbocycles. The van der Waals surface area contributed by atoms with Crippen molar-refractivity contribution in [2.24, 2.45) is 0 Å². The van der Waals surface area contributed by atoms with Crippen LogP contribution in [0.25, 0.3) is 0 Å². The average molecular weight is 176 g/mol. The predicted octanol–water partition coefficient (Wildman–Crippen LogP) is 0.0117. The van der Waals surface area contributed by atoms with Crippen molar-refractivity contribution in [2.45, 2.75) is 0 Å². The SMILES string of the molecule is CN(C)CCOCCOCC[O]. The monoisotopic (exact) mass is 176 g/mol. The van der Waals surface area contributed by atoms with Crippen LogP contribution in [0.4, 0.5) is 0 Å². The van der Waals surface area contributed by atoms with Gasteiger partial charge in [0.25, 0.3) is 0 Å². The van der Waals surface area contributed by atoms with Crippen molar-refractivity contribution in [3.05, 3.63) is 0 Å². The molecule has 0 fully saturated rings. The number of hydrogen-bond donors (Lipinski definition) is 0. The second-order valence-electron chi connectivity index (χ2n) is 2.73. The molecule has 0 aromatic heterocycles. The fourth-order valence-electron chi connectivity index (χ4n) is 0.628. The summed E-state index contributed by atoms with van der Waals surface area (Å²) in [6, 6.07) is 0. The van der Waals surface area contributed by atoms with E-state index in [0.717, 1.165) is 6.54 Å². The second kappa shape index (κ2) is 8.93. The number of hydrogen-bond acceptors (Lipinski definition) is 3. The van der Waals surface area contributed by atoms with E-state index in [0.29, 0.717) is 19.8 Å². The average Bonchev–Trinajstić information content (AvgIpc) is 2.02. The molecule has 1 radical (unpaired) electrons. The van der Waals surface area contributed by atoms with Crippen molar-refractivity contribution in [3.63, 3.8) is 0 Å². The van der Waals surface area contributed by atoms with Gasteiger partial charge in [0.1, 0.15) is 6.61 Å². The lowest BCUT2D eigenvalue weighted by atomic mass is 10.6. The maximum absolute atomic E-state index is 9.94. The molecule has 12 heavy (non-hydrogen) atoms. The van der Waals surface area contributed by atoms with Gasteiger partial charge in [0.05, 0.1) is 26.4 Å². The molecule has 0 aliphatic heterocycles. The Bertz CT molecular complexity index is 88.4. The third-order valence-electron chi connectivity index (χ3n) is 1.28. The first-order valence-corrected chi connectivity index (χ1v) is 4.15. The summed E-state index contributed by atoms with van der Waals surface area (Å²) in [4.78, 5) is 2.05. The molecule has 0 atom stereocenters. The first-order valence-electron chi connectivity index (χ1n) is 4.15. The summed E-state index contributed by atoms with van der Waals surface area (Å²) in [6.45, 7) is 2.85. The zero-order valence-corrected chi connectivity index (χ0v) is 7.91. The fourth-order valence-corrected chi connectivity index (χ4v) is 0.628. The molecule has 0 bridgehead atoms. The quantitative estimate of drug-likeness (QED) is 0.489. The second-order valence-corrected chi connectivity index (χ2v) is 2.73. The molecule has 0 aromatic rings. The zero-order chi connectivity index (χ0) is 9.23. The largest absolute Gasteiger partial charge is 0.378 e. The number of nitrogens with zero attached hydrogens (tertiary/aromatic N) is 1. The molecule has 0 spiro atoms. The Morgan fingerprint density at radius 2 is 1.58 bits per heavy atom. The lowest BCUT2D eigenvalue weighted by Gasteiger charge is -2.09. The molecular weight excluding hydrogens is 158 g/mol. The van der Waals surface area contributed by atoms with Gasteiger partial charge in [0, 0.05) is 6.54 Å². The van der Waals surface area contributed by atoms with Crippen molar-refractivity contribution < 1.29 is 14.6 Å². The Hall–Kier alpha value is -0.160. The summed E-state index contributed by atoms with van der Waals surface area (Å²) in [7, 11) is 3.99. The smallest absolute Gasteiger partial charge is 0.106 e. The molecule has 73 valence electrons. The molecule has 0 N–H and O–H groups in total. The highest BCUT2D eigenvalue weighted by molar-refractivity contribution is 4.39. The standard InChI is InChI=1S/C8H18NO3/c1-9(2)3-5-11-7-8-12-6-4-10/h3-8H2,1-2H3. The van der Waals surface area contributed by atoms with Crippen LogP contribution in [0.2, 0.25) is 0 Å². The van der Waals surface area contributed by atoms with Crippen LogP contribution in [0.1, 0.15) is 0 Å². The molecule has 0 heterocycles. The number of likely N-dealkylation sites (N-methyl/N-ethyl adjacent to an activating group) is 1. The topological polar surface area (TPSA) is 41.6 Å². The first kappa shape index (κ1) is 11.8. The lowest BCUT2D eigenvalue weighted by Crippen LogP contribution is -2.19. The minimum atomic E-state index is -0.169. The molecular formula is C8H18NO3. The van der Waals surface area contributed by atoms with E-state index in [9.17, 15) is 5.11 Å². The highest BCUT2D eigenvalue weighted by Gasteiger charge is 1.91. The van der Waals surface area contributed by atoms with Crippen LogP contribution in [0.5, 0.6) is 0 Å². The van der Waals surface area contributed by atoms with E-state index in [1.807, 2.05) is 14.1 Å². The molecule has 4 nitrogen and oxygen atoms in total. The molecule has 0 rings (SSSR count). The number of ether oxygens (including phenoxy) is 2. The van der Waals surface area contributed by atoms with E-state index in [1.165, 1.54) is 0 Å². The first-order chi connectivity index (χ1) is 5.77. The minimum Gasteiger partial charge on any atom is -0.378 e. The Kier molecular flexibility index (Phi) is 8.81. The highest BCUT2D eigenvalue weighted by Crippen LogP contribution is 1.80. The van der Waals surface area contributed by atoms with Crippen LogP contribution in [-0.4, -0.2) is 58.6 Å². The van der Waals surface area contributed by atoms with Gasteiger partial charge in [-0.05, 0) is 14.1 Å². The van der Waals surface area contributed by atoms with Crippen LogP contribution in [-0.2, 0) is 14.6 Å². The Labute approximate surface area is 74.1 Å². The van der Waals surface area contributed by atoms with E-state index in [-0.39, 0.29) is 13.2 Å².